The topological polar surface area (TPSA) is 56.3 Å². The highest BCUT2D eigenvalue weighted by molar-refractivity contribution is 5.99. The Labute approximate surface area is 162 Å². The maximum absolute atomic E-state index is 4.59. The molecule has 4 heteroatoms. The lowest BCUT2D eigenvalue weighted by molar-refractivity contribution is 1.46. The van der Waals surface area contributed by atoms with Crippen molar-refractivity contribution in [2.24, 2.45) is 9.98 Å². The number of nitrogens with zero attached hydrogens (tertiary/aromatic N) is 2. The van der Waals surface area contributed by atoms with Gasteiger partial charge in [-0.15, -0.1) is 0 Å². The van der Waals surface area contributed by atoms with Crippen LogP contribution >= 0.6 is 0 Å². The molecule has 0 saturated heterocycles. The Balaban J connectivity index is 1.32. The summed E-state index contributed by atoms with van der Waals surface area (Å²) in [5.74, 6) is 0. The van der Waals surface area contributed by atoms with E-state index in [1.54, 1.807) is 0 Å². The molecule has 28 heavy (non-hydrogen) atoms. The van der Waals surface area contributed by atoms with Crippen molar-refractivity contribution in [1.82, 2.24) is 9.97 Å². The number of nitrogens with one attached hydrogen (secondary N) is 2. The number of fused-ring (bicyclic) bond motifs is 2. The minimum absolute atomic E-state index is 0.901. The van der Waals surface area contributed by atoms with Crippen molar-refractivity contribution in [3.05, 3.63) is 96.3 Å². The third kappa shape index (κ3) is 3.23. The number of hydrogen-bond donors (Lipinski definition) is 2. The normalized spacial score (nSPS) is 12.0. The van der Waals surface area contributed by atoms with Crippen molar-refractivity contribution in [3.8, 4) is 0 Å². The third-order valence-corrected chi connectivity index (χ3v) is 4.76. The largest absolute Gasteiger partial charge is 0.361 e. The van der Waals surface area contributed by atoms with Crippen LogP contribution in [0.2, 0.25) is 0 Å². The van der Waals surface area contributed by atoms with Crippen LogP contribution in [0, 0.1) is 0 Å². The predicted molar refractivity (Wildman–Crippen MR) is 118 cm³/mol. The molecule has 0 amide bonds. The summed E-state index contributed by atoms with van der Waals surface area (Å²) < 4.78 is 0. The molecule has 2 heterocycles. The summed E-state index contributed by atoms with van der Waals surface area (Å²) in [5, 5.41) is 2.36. The van der Waals surface area contributed by atoms with E-state index in [0.29, 0.717) is 0 Å². The fourth-order valence-electron chi connectivity index (χ4n) is 3.27. The van der Waals surface area contributed by atoms with Gasteiger partial charge >= 0.3 is 0 Å². The molecule has 0 aliphatic carbocycles. The highest BCUT2D eigenvalue weighted by Crippen LogP contribution is 2.21. The standard InChI is InChI=1S/C24H18N4/c1-2-4-24-22(3-1)19(16-28-24)15-27-21-8-6-20(7-9-21)26-14-17-5-10-23-18(13-17)11-12-25-23/h1-16,25,28H. The van der Waals surface area contributed by atoms with E-state index >= 15 is 0 Å². The molecule has 4 nitrogen and oxygen atoms in total. The first-order valence-electron chi connectivity index (χ1n) is 9.17. The molecule has 134 valence electrons. The number of para-hydroxylation sites is 1. The number of hydrogen-bond acceptors (Lipinski definition) is 2. The van der Waals surface area contributed by atoms with Crippen molar-refractivity contribution in [2.45, 2.75) is 0 Å². The minimum Gasteiger partial charge on any atom is -0.361 e. The lowest BCUT2D eigenvalue weighted by Gasteiger charge is -1.97. The van der Waals surface area contributed by atoms with Gasteiger partial charge < -0.3 is 9.97 Å². The Kier molecular flexibility index (Phi) is 4.07. The van der Waals surface area contributed by atoms with Crippen LogP contribution < -0.4 is 0 Å². The van der Waals surface area contributed by atoms with Crippen molar-refractivity contribution >= 4 is 45.6 Å². The Morgan fingerprint density at radius 3 is 2.32 bits per heavy atom. The number of aromatic nitrogens is 2. The molecule has 5 rings (SSSR count). The lowest BCUT2D eigenvalue weighted by Crippen LogP contribution is -1.80. The van der Waals surface area contributed by atoms with Gasteiger partial charge in [-0.1, -0.05) is 24.3 Å². The van der Waals surface area contributed by atoms with Crippen LogP contribution in [0.4, 0.5) is 11.4 Å². The van der Waals surface area contributed by atoms with Gasteiger partial charge in [0.2, 0.25) is 0 Å². The number of benzene rings is 3. The van der Waals surface area contributed by atoms with Crippen LogP contribution in [0.1, 0.15) is 11.1 Å². The molecule has 0 radical (unpaired) electrons. The molecule has 0 unspecified atom stereocenters. The van der Waals surface area contributed by atoms with Crippen LogP contribution in [-0.4, -0.2) is 22.4 Å². The van der Waals surface area contributed by atoms with Gasteiger partial charge in [0.1, 0.15) is 0 Å². The van der Waals surface area contributed by atoms with Crippen molar-refractivity contribution in [1.29, 1.82) is 0 Å². The van der Waals surface area contributed by atoms with E-state index in [-0.39, 0.29) is 0 Å². The van der Waals surface area contributed by atoms with Crippen molar-refractivity contribution < 1.29 is 0 Å². The number of aliphatic imine (C=N–C) groups is 2. The molecule has 0 saturated carbocycles. The first-order valence-corrected chi connectivity index (χ1v) is 9.17. The van der Waals surface area contributed by atoms with E-state index in [1.807, 2.05) is 61.2 Å². The van der Waals surface area contributed by atoms with Gasteiger partial charge in [0, 0.05) is 46.8 Å². The van der Waals surface area contributed by atoms with E-state index < -0.39 is 0 Å². The molecular formula is C24H18N4. The SMILES string of the molecule is C(=Nc1ccc(N=Cc2c[nH]c3ccccc23)cc1)c1ccc2[nH]ccc2c1. The second-order valence-electron chi connectivity index (χ2n) is 6.65. The molecule has 0 fully saturated rings. The fourth-order valence-corrected chi connectivity index (χ4v) is 3.27. The van der Waals surface area contributed by atoms with Gasteiger partial charge in [-0.25, -0.2) is 0 Å². The van der Waals surface area contributed by atoms with E-state index in [1.165, 1.54) is 10.8 Å². The molecule has 0 aliphatic heterocycles. The lowest BCUT2D eigenvalue weighted by atomic mass is 10.2. The van der Waals surface area contributed by atoms with Gasteiger partial charge in [-0.2, -0.15) is 0 Å². The average molecular weight is 362 g/mol. The summed E-state index contributed by atoms with van der Waals surface area (Å²) in [6.07, 6.45) is 7.70. The highest BCUT2D eigenvalue weighted by atomic mass is 14.7. The molecular weight excluding hydrogens is 344 g/mol. The van der Waals surface area contributed by atoms with Crippen LogP contribution in [0.5, 0.6) is 0 Å². The molecule has 0 spiro atoms. The van der Waals surface area contributed by atoms with Crippen LogP contribution in [0.3, 0.4) is 0 Å². The number of aromatic amines is 2. The monoisotopic (exact) mass is 362 g/mol. The molecule has 2 aromatic heterocycles. The summed E-state index contributed by atoms with van der Waals surface area (Å²) >= 11 is 0. The fraction of sp³-hybridized carbons (Fsp3) is 0. The van der Waals surface area contributed by atoms with Gasteiger partial charge in [0.15, 0.2) is 0 Å². The number of rotatable bonds is 4. The molecule has 3 aromatic carbocycles. The Morgan fingerprint density at radius 1 is 0.679 bits per heavy atom. The van der Waals surface area contributed by atoms with Gasteiger partial charge in [0.25, 0.3) is 0 Å². The van der Waals surface area contributed by atoms with Crippen LogP contribution in [0.15, 0.2) is 95.2 Å². The maximum atomic E-state index is 4.59. The smallest absolute Gasteiger partial charge is 0.0631 e. The first-order chi connectivity index (χ1) is 13.8. The molecule has 0 atom stereocenters. The third-order valence-electron chi connectivity index (χ3n) is 4.76. The summed E-state index contributed by atoms with van der Waals surface area (Å²) in [4.78, 5) is 15.6. The molecule has 5 aromatic rings. The average Bonchev–Trinajstić information content (AvgIpc) is 3.38. The van der Waals surface area contributed by atoms with E-state index in [9.17, 15) is 0 Å². The second-order valence-corrected chi connectivity index (χ2v) is 6.65. The quantitative estimate of drug-likeness (QED) is 0.360. The highest BCUT2D eigenvalue weighted by Gasteiger charge is 2.00. The van der Waals surface area contributed by atoms with Crippen molar-refractivity contribution in [3.63, 3.8) is 0 Å². The summed E-state index contributed by atoms with van der Waals surface area (Å²) in [6.45, 7) is 0. The van der Waals surface area contributed by atoms with Gasteiger partial charge in [-0.05, 0) is 59.5 Å². The Morgan fingerprint density at radius 2 is 1.46 bits per heavy atom. The Hall–Kier alpha value is -3.92. The maximum Gasteiger partial charge on any atom is 0.0631 e. The summed E-state index contributed by atoms with van der Waals surface area (Å²) in [5.41, 5.74) is 6.21. The zero-order valence-corrected chi connectivity index (χ0v) is 15.1. The second kappa shape index (κ2) is 7.00. The summed E-state index contributed by atoms with van der Waals surface area (Å²) in [7, 11) is 0. The first kappa shape index (κ1) is 16.3. The molecule has 0 bridgehead atoms. The van der Waals surface area contributed by atoms with Gasteiger partial charge in [-0.3, -0.25) is 9.98 Å². The number of H-pyrrole nitrogens is 2. The zero-order chi connectivity index (χ0) is 18.8. The molecule has 2 N–H and O–H groups in total. The van der Waals surface area contributed by atoms with E-state index in [0.717, 1.165) is 33.5 Å². The minimum atomic E-state index is 0.901. The van der Waals surface area contributed by atoms with Crippen molar-refractivity contribution in [2.75, 3.05) is 0 Å². The van der Waals surface area contributed by atoms with Crippen LogP contribution in [-0.2, 0) is 0 Å². The zero-order valence-electron chi connectivity index (χ0n) is 15.1. The molecule has 0 aliphatic rings. The van der Waals surface area contributed by atoms with Gasteiger partial charge in [0.05, 0.1) is 11.4 Å². The summed E-state index contributed by atoms with van der Waals surface area (Å²) in [6, 6.07) is 24.4. The van der Waals surface area contributed by atoms with E-state index in [2.05, 4.69) is 56.4 Å². The Bertz CT molecular complexity index is 1300. The van der Waals surface area contributed by atoms with Crippen LogP contribution in [0.25, 0.3) is 21.8 Å². The van der Waals surface area contributed by atoms with E-state index in [4.69, 9.17) is 0 Å². The predicted octanol–water partition coefficient (Wildman–Crippen LogP) is 6.15.